The highest BCUT2D eigenvalue weighted by Crippen LogP contribution is 2.20. The maximum absolute atomic E-state index is 12.2. The summed E-state index contributed by atoms with van der Waals surface area (Å²) in [7, 11) is -4.52. The molecule has 0 aliphatic carbocycles. The molecule has 0 aromatic heterocycles. The van der Waals surface area contributed by atoms with Crippen molar-refractivity contribution in [3.63, 3.8) is 0 Å². The largest absolute Gasteiger partial charge is 0.446 e. The van der Waals surface area contributed by atoms with Gasteiger partial charge in [-0.05, 0) is 12.8 Å². The van der Waals surface area contributed by atoms with Crippen LogP contribution in [0.15, 0.2) is 0 Å². The van der Waals surface area contributed by atoms with E-state index in [1.165, 1.54) is 0 Å². The minimum absolute atomic E-state index is 0.0926. The number of piperidine rings is 1. The quantitative estimate of drug-likeness (QED) is 0.777. The Morgan fingerprint density at radius 3 is 2.25 bits per heavy atom. The normalized spacial score (nSPS) is 19.9. The molecule has 0 aromatic rings. The fourth-order valence-electron chi connectivity index (χ4n) is 1.48. The van der Waals surface area contributed by atoms with Crippen LogP contribution < -0.4 is 5.73 Å². The van der Waals surface area contributed by atoms with E-state index in [1.807, 2.05) is 0 Å². The number of sulfonamides is 1. The Labute approximate surface area is 91.4 Å². The lowest BCUT2D eigenvalue weighted by atomic mass is 10.1. The van der Waals surface area contributed by atoms with Gasteiger partial charge < -0.3 is 10.5 Å². The van der Waals surface area contributed by atoms with Crippen molar-refractivity contribution in [2.75, 3.05) is 13.1 Å². The van der Waals surface area contributed by atoms with Crippen LogP contribution in [0.2, 0.25) is 0 Å². The number of hydrogen-bond donors (Lipinski definition) is 1. The third-order valence-corrected chi connectivity index (χ3v) is 3.80. The average molecular weight is 258 g/mol. The van der Waals surface area contributed by atoms with Gasteiger partial charge in [-0.1, -0.05) is 0 Å². The summed E-state index contributed by atoms with van der Waals surface area (Å²) in [5.41, 5.74) is 4.78. The second kappa shape index (κ2) is 4.91. The van der Waals surface area contributed by atoms with Crippen LogP contribution in [0.4, 0.5) is 13.6 Å². The molecule has 2 N–H and O–H groups in total. The predicted octanol–water partition coefficient (Wildman–Crippen LogP) is 0.0985. The van der Waals surface area contributed by atoms with Crippen LogP contribution in [-0.4, -0.2) is 43.8 Å². The molecule has 1 aliphatic heterocycles. The average Bonchev–Trinajstić information content (AvgIpc) is 2.17. The van der Waals surface area contributed by atoms with E-state index in [4.69, 9.17) is 5.73 Å². The van der Waals surface area contributed by atoms with E-state index in [2.05, 4.69) is 4.74 Å². The summed E-state index contributed by atoms with van der Waals surface area (Å²) >= 11 is 0. The first-order valence-electron chi connectivity index (χ1n) is 4.57. The third kappa shape index (κ3) is 3.01. The third-order valence-electron chi connectivity index (χ3n) is 2.27. The molecular formula is C7H12F2N2O4S. The smallest absolute Gasteiger partial charge is 0.404 e. The van der Waals surface area contributed by atoms with E-state index in [1.54, 1.807) is 0 Å². The maximum atomic E-state index is 12.2. The Morgan fingerprint density at radius 1 is 1.38 bits per heavy atom. The minimum Gasteiger partial charge on any atom is -0.446 e. The van der Waals surface area contributed by atoms with Crippen molar-refractivity contribution in [1.29, 1.82) is 0 Å². The van der Waals surface area contributed by atoms with E-state index >= 15 is 0 Å². The van der Waals surface area contributed by atoms with Gasteiger partial charge in [0.1, 0.15) is 6.10 Å². The number of nitrogens with zero attached hydrogens (tertiary/aromatic N) is 1. The monoisotopic (exact) mass is 258 g/mol. The van der Waals surface area contributed by atoms with E-state index in [-0.39, 0.29) is 25.9 Å². The van der Waals surface area contributed by atoms with Crippen molar-refractivity contribution in [1.82, 2.24) is 4.31 Å². The van der Waals surface area contributed by atoms with Crippen molar-refractivity contribution in [2.45, 2.75) is 24.7 Å². The number of primary amides is 1. The molecule has 0 saturated carbocycles. The molecule has 0 atom stereocenters. The molecule has 16 heavy (non-hydrogen) atoms. The molecule has 0 radical (unpaired) electrons. The molecule has 6 nitrogen and oxygen atoms in total. The van der Waals surface area contributed by atoms with E-state index < -0.39 is 28.0 Å². The molecule has 94 valence electrons. The maximum Gasteiger partial charge on any atom is 0.404 e. The van der Waals surface area contributed by atoms with Gasteiger partial charge in [0.05, 0.1) is 0 Å². The lowest BCUT2D eigenvalue weighted by molar-refractivity contribution is 0.0723. The van der Waals surface area contributed by atoms with Crippen molar-refractivity contribution in [3.8, 4) is 0 Å². The Kier molecular flexibility index (Phi) is 4.03. The van der Waals surface area contributed by atoms with Crippen LogP contribution in [0.1, 0.15) is 12.8 Å². The van der Waals surface area contributed by atoms with Gasteiger partial charge in [0.25, 0.3) is 10.0 Å². The van der Waals surface area contributed by atoms with Crippen LogP contribution >= 0.6 is 0 Å². The Hall–Kier alpha value is -0.960. The first-order valence-corrected chi connectivity index (χ1v) is 6.07. The van der Waals surface area contributed by atoms with Crippen molar-refractivity contribution >= 4 is 16.1 Å². The standard InChI is InChI=1S/C7H12F2N2O4S/c8-6(9)16(13,14)11-3-1-5(2-4-11)15-7(10)12/h5-6H,1-4H2,(H2,10,12). The summed E-state index contributed by atoms with van der Waals surface area (Å²) in [4.78, 5) is 10.4. The predicted molar refractivity (Wildman–Crippen MR) is 50.2 cm³/mol. The van der Waals surface area contributed by atoms with Crippen LogP contribution in [0.3, 0.4) is 0 Å². The molecule has 1 heterocycles. The van der Waals surface area contributed by atoms with Crippen molar-refractivity contribution in [2.24, 2.45) is 5.73 Å². The van der Waals surface area contributed by atoms with Gasteiger partial charge in [-0.25, -0.2) is 13.2 Å². The molecule has 1 aliphatic rings. The summed E-state index contributed by atoms with van der Waals surface area (Å²) in [6.07, 6.45) is -1.10. The first-order chi connectivity index (χ1) is 7.34. The van der Waals surface area contributed by atoms with E-state index in [9.17, 15) is 22.0 Å². The molecule has 1 fully saturated rings. The van der Waals surface area contributed by atoms with Gasteiger partial charge in [0.15, 0.2) is 0 Å². The zero-order valence-electron chi connectivity index (χ0n) is 8.30. The Bertz CT molecular complexity index is 351. The van der Waals surface area contributed by atoms with Crippen LogP contribution in [-0.2, 0) is 14.8 Å². The van der Waals surface area contributed by atoms with Gasteiger partial charge in [0, 0.05) is 13.1 Å². The van der Waals surface area contributed by atoms with E-state index in [0.29, 0.717) is 4.31 Å². The van der Waals surface area contributed by atoms with Crippen LogP contribution in [0, 0.1) is 0 Å². The Balaban J connectivity index is 2.52. The molecule has 9 heteroatoms. The number of nitrogens with two attached hydrogens (primary N) is 1. The lowest BCUT2D eigenvalue weighted by Crippen LogP contribution is -2.43. The van der Waals surface area contributed by atoms with Gasteiger partial charge in [0.2, 0.25) is 0 Å². The van der Waals surface area contributed by atoms with Crippen LogP contribution in [0.5, 0.6) is 0 Å². The van der Waals surface area contributed by atoms with Crippen molar-refractivity contribution in [3.05, 3.63) is 0 Å². The zero-order valence-corrected chi connectivity index (χ0v) is 9.12. The number of halogens is 2. The zero-order chi connectivity index (χ0) is 12.3. The van der Waals surface area contributed by atoms with Crippen molar-refractivity contribution < 1.29 is 26.7 Å². The van der Waals surface area contributed by atoms with Gasteiger partial charge in [-0.3, -0.25) is 0 Å². The molecule has 0 aromatic carbocycles. The highest BCUT2D eigenvalue weighted by atomic mass is 32.2. The van der Waals surface area contributed by atoms with Gasteiger partial charge in [-0.2, -0.15) is 13.1 Å². The lowest BCUT2D eigenvalue weighted by Gasteiger charge is -2.30. The number of alkyl halides is 2. The summed E-state index contributed by atoms with van der Waals surface area (Å²) in [6, 6.07) is 0. The highest BCUT2D eigenvalue weighted by molar-refractivity contribution is 7.89. The molecule has 1 saturated heterocycles. The fraction of sp³-hybridized carbons (Fsp3) is 0.857. The SMILES string of the molecule is NC(=O)OC1CCN(S(=O)(=O)C(F)F)CC1. The number of ether oxygens (including phenoxy) is 1. The minimum atomic E-state index is -4.52. The molecular weight excluding hydrogens is 246 g/mol. The summed E-state index contributed by atoms with van der Waals surface area (Å²) < 4.78 is 51.8. The first kappa shape index (κ1) is 13.1. The Morgan fingerprint density at radius 2 is 1.88 bits per heavy atom. The summed E-state index contributed by atoms with van der Waals surface area (Å²) in [6.45, 7) is -0.185. The second-order valence-corrected chi connectivity index (χ2v) is 5.24. The summed E-state index contributed by atoms with van der Waals surface area (Å²) in [5, 5.41) is 0. The highest BCUT2D eigenvalue weighted by Gasteiger charge is 2.35. The number of carbonyl (C=O) groups excluding carboxylic acids is 1. The summed E-state index contributed by atoms with van der Waals surface area (Å²) in [5.74, 6) is -3.42. The molecule has 1 rings (SSSR count). The number of hydrogen-bond acceptors (Lipinski definition) is 4. The number of carbonyl (C=O) groups is 1. The van der Waals surface area contributed by atoms with Gasteiger partial charge >= 0.3 is 11.9 Å². The topological polar surface area (TPSA) is 89.7 Å². The molecule has 1 amide bonds. The van der Waals surface area contributed by atoms with Crippen LogP contribution in [0.25, 0.3) is 0 Å². The van der Waals surface area contributed by atoms with E-state index in [0.717, 1.165) is 0 Å². The van der Waals surface area contributed by atoms with Gasteiger partial charge in [-0.15, -0.1) is 0 Å². The molecule has 0 unspecified atom stereocenters. The molecule has 0 bridgehead atoms. The second-order valence-electron chi connectivity index (χ2n) is 3.34. The fourth-order valence-corrected chi connectivity index (χ4v) is 2.43. The number of amides is 1. The molecule has 0 spiro atoms. The number of rotatable bonds is 3.